The lowest BCUT2D eigenvalue weighted by Crippen LogP contribution is -2.44. The van der Waals surface area contributed by atoms with E-state index in [1.165, 1.54) is 9.47 Å². The number of carbonyl (C=O) groups is 2. The highest BCUT2D eigenvalue weighted by molar-refractivity contribution is 5.99. The molecule has 2 N–H and O–H groups in total. The summed E-state index contributed by atoms with van der Waals surface area (Å²) in [5.74, 6) is -5.86. The average Bonchev–Trinajstić information content (AvgIpc) is 2.91. The van der Waals surface area contributed by atoms with Crippen molar-refractivity contribution in [2.24, 2.45) is 0 Å². The summed E-state index contributed by atoms with van der Waals surface area (Å²) in [5, 5.41) is 12.5. The van der Waals surface area contributed by atoms with E-state index in [-0.39, 0.29) is 11.7 Å². The van der Waals surface area contributed by atoms with Crippen LogP contribution in [0.2, 0.25) is 0 Å². The Kier molecular flexibility index (Phi) is 4.84. The van der Waals surface area contributed by atoms with Crippen molar-refractivity contribution in [2.45, 2.75) is 19.0 Å². The fourth-order valence-corrected chi connectivity index (χ4v) is 3.64. The van der Waals surface area contributed by atoms with Crippen LogP contribution in [0.1, 0.15) is 38.9 Å². The summed E-state index contributed by atoms with van der Waals surface area (Å²) < 4.78 is 41.9. The molecule has 2 amide bonds. The number of benzene rings is 1. The molecule has 2 bridgehead atoms. The van der Waals surface area contributed by atoms with E-state index in [1.54, 1.807) is 0 Å². The second kappa shape index (κ2) is 7.36. The summed E-state index contributed by atoms with van der Waals surface area (Å²) in [6.07, 6.45) is 5.44. The van der Waals surface area contributed by atoms with E-state index in [9.17, 15) is 32.7 Å². The minimum absolute atomic E-state index is 0.213. The molecule has 7 nitrogen and oxygen atoms in total. The van der Waals surface area contributed by atoms with Gasteiger partial charge in [-0.05, 0) is 6.42 Å². The summed E-state index contributed by atoms with van der Waals surface area (Å²) in [5.41, 5.74) is -2.35. The third-order valence-electron chi connectivity index (χ3n) is 5.16. The third-order valence-corrected chi connectivity index (χ3v) is 5.16. The van der Waals surface area contributed by atoms with E-state index < -0.39 is 58.1 Å². The van der Waals surface area contributed by atoms with Crippen molar-refractivity contribution >= 4 is 11.8 Å². The van der Waals surface area contributed by atoms with Gasteiger partial charge < -0.3 is 19.9 Å². The van der Waals surface area contributed by atoms with Crippen molar-refractivity contribution in [1.82, 2.24) is 14.8 Å². The van der Waals surface area contributed by atoms with Crippen molar-refractivity contribution < 1.29 is 27.9 Å². The molecule has 2 aromatic rings. The van der Waals surface area contributed by atoms with Crippen molar-refractivity contribution in [2.75, 3.05) is 13.1 Å². The number of hydrogen-bond acceptors (Lipinski definition) is 4. The van der Waals surface area contributed by atoms with E-state index >= 15 is 0 Å². The Morgan fingerprint density at radius 1 is 1.20 bits per heavy atom. The highest BCUT2D eigenvalue weighted by atomic mass is 19.1. The van der Waals surface area contributed by atoms with Gasteiger partial charge in [-0.1, -0.05) is 12.2 Å². The predicted molar refractivity (Wildman–Crippen MR) is 98.6 cm³/mol. The zero-order valence-electron chi connectivity index (χ0n) is 15.5. The standard InChI is InChI=1S/C20H16F3N3O4/c21-10-5-14(22)12(15(23)6-10)7-24-19(29)13-9-26-11-3-1-2-4-25(8-11)20(30)16(26)18(28)17(13)27/h1,3,5-6,9,11,28H,2,4,7-8H2,(H,24,29). The maximum atomic E-state index is 13.8. The van der Waals surface area contributed by atoms with E-state index in [0.717, 1.165) is 6.20 Å². The summed E-state index contributed by atoms with van der Waals surface area (Å²) in [6, 6.07) is 0.560. The summed E-state index contributed by atoms with van der Waals surface area (Å²) in [4.78, 5) is 39.2. The predicted octanol–water partition coefficient (Wildman–Crippen LogP) is 1.86. The molecule has 30 heavy (non-hydrogen) atoms. The first-order valence-electron chi connectivity index (χ1n) is 9.13. The summed E-state index contributed by atoms with van der Waals surface area (Å²) >= 11 is 0. The van der Waals surface area contributed by atoms with Gasteiger partial charge in [0.1, 0.15) is 23.0 Å². The number of fused-ring (bicyclic) bond motifs is 4. The Hall–Kier alpha value is -3.56. The van der Waals surface area contributed by atoms with Crippen LogP contribution in [0.15, 0.2) is 35.3 Å². The van der Waals surface area contributed by atoms with Crippen LogP contribution in [-0.2, 0) is 6.54 Å². The molecule has 2 aliphatic rings. The topological polar surface area (TPSA) is 91.6 Å². The maximum absolute atomic E-state index is 13.8. The van der Waals surface area contributed by atoms with Gasteiger partial charge in [-0.3, -0.25) is 14.4 Å². The lowest BCUT2D eigenvalue weighted by molar-refractivity contribution is 0.0687. The van der Waals surface area contributed by atoms with Crippen molar-refractivity contribution in [3.8, 4) is 5.75 Å². The number of hydrogen-bond donors (Lipinski definition) is 2. The number of aromatic nitrogens is 1. The van der Waals surface area contributed by atoms with Gasteiger partial charge in [-0.2, -0.15) is 0 Å². The van der Waals surface area contributed by atoms with Crippen LogP contribution in [0, 0.1) is 17.5 Å². The zero-order chi connectivity index (χ0) is 21.6. The fourth-order valence-electron chi connectivity index (χ4n) is 3.64. The van der Waals surface area contributed by atoms with Crippen LogP contribution in [0.25, 0.3) is 0 Å². The Bertz CT molecular complexity index is 1140. The van der Waals surface area contributed by atoms with Gasteiger partial charge in [0, 0.05) is 43.5 Å². The molecular weight excluding hydrogens is 403 g/mol. The fraction of sp³-hybridized carbons (Fsp3) is 0.250. The molecule has 0 saturated carbocycles. The molecular formula is C20H16F3N3O4. The molecule has 2 aliphatic heterocycles. The summed E-state index contributed by atoms with van der Waals surface area (Å²) in [7, 11) is 0. The van der Waals surface area contributed by atoms with Crippen LogP contribution in [0.4, 0.5) is 13.2 Å². The number of carbonyl (C=O) groups excluding carboxylic acids is 2. The molecule has 1 atom stereocenters. The number of halogens is 3. The molecule has 0 radical (unpaired) electrons. The van der Waals surface area contributed by atoms with E-state index in [1.807, 2.05) is 12.2 Å². The van der Waals surface area contributed by atoms with Gasteiger partial charge >= 0.3 is 0 Å². The van der Waals surface area contributed by atoms with Gasteiger partial charge in [0.05, 0.1) is 6.04 Å². The number of rotatable bonds is 3. The average molecular weight is 419 g/mol. The monoisotopic (exact) mass is 419 g/mol. The second-order valence-electron chi connectivity index (χ2n) is 7.04. The number of nitrogens with zero attached hydrogens (tertiary/aromatic N) is 2. The van der Waals surface area contributed by atoms with Gasteiger partial charge in [0.2, 0.25) is 5.43 Å². The van der Waals surface area contributed by atoms with Crippen molar-refractivity contribution in [3.63, 3.8) is 0 Å². The Labute approximate surface area is 168 Å². The second-order valence-corrected chi connectivity index (χ2v) is 7.04. The molecule has 10 heteroatoms. The molecule has 0 fully saturated rings. The quantitative estimate of drug-likeness (QED) is 0.743. The van der Waals surface area contributed by atoms with Gasteiger partial charge in [0.25, 0.3) is 11.8 Å². The number of pyridine rings is 1. The SMILES string of the molecule is O=C(NCc1c(F)cc(F)cc1F)c1cn2c(c(O)c1=O)C(=O)N1CCC=CC2C1. The van der Waals surface area contributed by atoms with Crippen molar-refractivity contribution in [3.05, 3.63) is 75.0 Å². The molecule has 0 saturated heterocycles. The third kappa shape index (κ3) is 3.23. The first kappa shape index (κ1) is 19.7. The molecule has 0 spiro atoms. The van der Waals surface area contributed by atoms with Gasteiger partial charge in [-0.25, -0.2) is 13.2 Å². The molecule has 1 aromatic heterocycles. The highest BCUT2D eigenvalue weighted by Crippen LogP contribution is 2.29. The molecule has 0 aliphatic carbocycles. The Morgan fingerprint density at radius 2 is 1.90 bits per heavy atom. The minimum atomic E-state index is -1.19. The number of amides is 2. The molecule has 156 valence electrons. The first-order chi connectivity index (χ1) is 14.3. The molecule has 4 rings (SSSR count). The molecule has 1 unspecified atom stereocenters. The van der Waals surface area contributed by atoms with E-state index in [2.05, 4.69) is 5.32 Å². The minimum Gasteiger partial charge on any atom is -0.503 e. The smallest absolute Gasteiger partial charge is 0.274 e. The lowest BCUT2D eigenvalue weighted by atomic mass is 10.1. The van der Waals surface area contributed by atoms with Crippen LogP contribution in [0.5, 0.6) is 5.75 Å². The van der Waals surface area contributed by atoms with Crippen LogP contribution >= 0.6 is 0 Å². The molecule has 1 aromatic carbocycles. The highest BCUT2D eigenvalue weighted by Gasteiger charge is 2.35. The van der Waals surface area contributed by atoms with Crippen LogP contribution in [0.3, 0.4) is 0 Å². The largest absolute Gasteiger partial charge is 0.503 e. The molecule has 3 heterocycles. The van der Waals surface area contributed by atoms with Crippen LogP contribution < -0.4 is 10.7 Å². The van der Waals surface area contributed by atoms with E-state index in [0.29, 0.717) is 31.6 Å². The normalized spacial score (nSPS) is 17.5. The summed E-state index contributed by atoms with van der Waals surface area (Å²) in [6.45, 7) is 0.114. The van der Waals surface area contributed by atoms with Gasteiger partial charge in [-0.15, -0.1) is 0 Å². The Balaban J connectivity index is 1.68. The van der Waals surface area contributed by atoms with Crippen molar-refractivity contribution in [1.29, 1.82) is 0 Å². The first-order valence-corrected chi connectivity index (χ1v) is 9.13. The maximum Gasteiger partial charge on any atom is 0.274 e. The van der Waals surface area contributed by atoms with Gasteiger partial charge in [0.15, 0.2) is 11.4 Å². The zero-order valence-corrected chi connectivity index (χ0v) is 15.5. The number of aromatic hydroxyl groups is 1. The van der Waals surface area contributed by atoms with Crippen LogP contribution in [-0.4, -0.2) is 39.5 Å². The number of nitrogens with one attached hydrogen (secondary N) is 1. The van der Waals surface area contributed by atoms with E-state index in [4.69, 9.17) is 0 Å². The Morgan fingerprint density at radius 3 is 2.60 bits per heavy atom. The lowest BCUT2D eigenvalue weighted by Gasteiger charge is -2.33.